The van der Waals surface area contributed by atoms with Gasteiger partial charge in [-0.2, -0.15) is 0 Å². The van der Waals surface area contributed by atoms with Crippen molar-refractivity contribution in [1.29, 1.82) is 0 Å². The molecule has 0 fully saturated rings. The van der Waals surface area contributed by atoms with E-state index in [9.17, 15) is 14.4 Å². The summed E-state index contributed by atoms with van der Waals surface area (Å²) in [6.07, 6.45) is 0. The number of para-hydroxylation sites is 1. The van der Waals surface area contributed by atoms with Crippen LogP contribution in [-0.2, 0) is 9.53 Å². The van der Waals surface area contributed by atoms with Crippen molar-refractivity contribution in [1.82, 2.24) is 4.98 Å². The summed E-state index contributed by atoms with van der Waals surface area (Å²) in [6, 6.07) is 8.96. The number of halogens is 2. The fourth-order valence-corrected chi connectivity index (χ4v) is 2.08. The molecule has 1 aromatic carbocycles. The first-order chi connectivity index (χ1) is 11.4. The molecule has 0 radical (unpaired) electrons. The Bertz CT molecular complexity index is 811. The van der Waals surface area contributed by atoms with Crippen LogP contribution in [0.1, 0.15) is 20.8 Å². The minimum Gasteiger partial charge on any atom is -0.451 e. The number of nitrogens with zero attached hydrogens (tertiary/aromatic N) is 1. The van der Waals surface area contributed by atoms with E-state index >= 15 is 0 Å². The Kier molecular flexibility index (Phi) is 5.73. The molecule has 2 amide bonds. The summed E-state index contributed by atoms with van der Waals surface area (Å²) < 4.78 is 4.83. The van der Waals surface area contributed by atoms with Crippen molar-refractivity contribution in [3.8, 4) is 0 Å². The number of amides is 2. The standard InChI is InChI=1S/C15H11Cl2N3O4/c16-9-5-6-11(17)20-13(9)15(23)24-7-12(21)19-10-4-2-1-3-8(10)14(18)22/h1-6H,7H2,(H2,18,22)(H,19,21). The van der Waals surface area contributed by atoms with Gasteiger partial charge in [-0.1, -0.05) is 35.3 Å². The summed E-state index contributed by atoms with van der Waals surface area (Å²) in [7, 11) is 0. The van der Waals surface area contributed by atoms with Gasteiger partial charge in [-0.15, -0.1) is 0 Å². The van der Waals surface area contributed by atoms with Gasteiger partial charge in [-0.05, 0) is 24.3 Å². The van der Waals surface area contributed by atoms with Crippen molar-refractivity contribution in [2.24, 2.45) is 5.73 Å². The molecule has 2 aromatic rings. The highest BCUT2D eigenvalue weighted by Crippen LogP contribution is 2.18. The zero-order valence-electron chi connectivity index (χ0n) is 12.1. The Morgan fingerprint density at radius 1 is 1.12 bits per heavy atom. The first-order valence-electron chi connectivity index (χ1n) is 6.56. The average molecular weight is 368 g/mol. The topological polar surface area (TPSA) is 111 Å². The van der Waals surface area contributed by atoms with E-state index in [-0.39, 0.29) is 27.1 Å². The molecule has 0 unspecified atom stereocenters. The van der Waals surface area contributed by atoms with Crippen molar-refractivity contribution < 1.29 is 19.1 Å². The number of carbonyl (C=O) groups excluding carboxylic acids is 3. The molecule has 0 saturated carbocycles. The molecule has 7 nitrogen and oxygen atoms in total. The van der Waals surface area contributed by atoms with Gasteiger partial charge < -0.3 is 15.8 Å². The zero-order chi connectivity index (χ0) is 17.7. The molecule has 0 bridgehead atoms. The van der Waals surface area contributed by atoms with Gasteiger partial charge >= 0.3 is 5.97 Å². The summed E-state index contributed by atoms with van der Waals surface area (Å²) in [4.78, 5) is 38.7. The molecule has 0 atom stereocenters. The van der Waals surface area contributed by atoms with Crippen LogP contribution in [0.25, 0.3) is 0 Å². The quantitative estimate of drug-likeness (QED) is 0.621. The minimum absolute atomic E-state index is 0.0453. The van der Waals surface area contributed by atoms with Gasteiger partial charge in [0.05, 0.1) is 16.3 Å². The van der Waals surface area contributed by atoms with E-state index in [1.54, 1.807) is 12.1 Å². The fourth-order valence-electron chi connectivity index (χ4n) is 1.75. The second-order valence-electron chi connectivity index (χ2n) is 4.50. The first-order valence-corrected chi connectivity index (χ1v) is 7.32. The number of nitrogens with one attached hydrogen (secondary N) is 1. The molecule has 1 heterocycles. The van der Waals surface area contributed by atoms with Crippen molar-refractivity contribution in [2.75, 3.05) is 11.9 Å². The number of anilines is 1. The van der Waals surface area contributed by atoms with Crippen LogP contribution in [0.15, 0.2) is 36.4 Å². The molecule has 0 aliphatic heterocycles. The van der Waals surface area contributed by atoms with Gasteiger partial charge in [0.15, 0.2) is 12.3 Å². The molecule has 24 heavy (non-hydrogen) atoms. The lowest BCUT2D eigenvalue weighted by molar-refractivity contribution is -0.119. The third-order valence-corrected chi connectivity index (χ3v) is 3.32. The summed E-state index contributed by atoms with van der Waals surface area (Å²) in [5.74, 6) is -2.26. The number of pyridine rings is 1. The van der Waals surface area contributed by atoms with Crippen molar-refractivity contribution in [3.05, 3.63) is 57.8 Å². The molecule has 0 aliphatic carbocycles. The van der Waals surface area contributed by atoms with Gasteiger partial charge in [-0.3, -0.25) is 9.59 Å². The minimum atomic E-state index is -0.902. The lowest BCUT2D eigenvalue weighted by atomic mass is 10.1. The third-order valence-electron chi connectivity index (χ3n) is 2.81. The van der Waals surface area contributed by atoms with Crippen molar-refractivity contribution in [2.45, 2.75) is 0 Å². The van der Waals surface area contributed by atoms with Gasteiger partial charge in [0.1, 0.15) is 5.15 Å². The maximum atomic E-state index is 11.9. The summed E-state index contributed by atoms with van der Waals surface area (Å²) in [5, 5.41) is 2.53. The molecule has 1 aromatic heterocycles. The predicted octanol–water partition coefficient (Wildman–Crippen LogP) is 2.28. The normalized spacial score (nSPS) is 10.1. The van der Waals surface area contributed by atoms with E-state index in [0.29, 0.717) is 0 Å². The molecule has 124 valence electrons. The Balaban J connectivity index is 2.00. The highest BCUT2D eigenvalue weighted by Gasteiger charge is 2.17. The van der Waals surface area contributed by atoms with Crippen LogP contribution in [-0.4, -0.2) is 29.4 Å². The maximum absolute atomic E-state index is 11.9. The van der Waals surface area contributed by atoms with Crippen LogP contribution < -0.4 is 11.1 Å². The molecule has 0 spiro atoms. The number of carbonyl (C=O) groups is 3. The first kappa shape index (κ1) is 17.7. The lowest BCUT2D eigenvalue weighted by Crippen LogP contribution is -2.23. The van der Waals surface area contributed by atoms with Crippen LogP contribution in [0, 0.1) is 0 Å². The second kappa shape index (κ2) is 7.76. The molecule has 0 aliphatic rings. The molecule has 9 heteroatoms. The molecule has 3 N–H and O–H groups in total. The van der Waals surface area contributed by atoms with Crippen LogP contribution in [0.3, 0.4) is 0 Å². The monoisotopic (exact) mass is 367 g/mol. The second-order valence-corrected chi connectivity index (χ2v) is 5.29. The predicted molar refractivity (Wildman–Crippen MR) is 88.1 cm³/mol. The highest BCUT2D eigenvalue weighted by atomic mass is 35.5. The molecular formula is C15H11Cl2N3O4. The Morgan fingerprint density at radius 3 is 2.54 bits per heavy atom. The van der Waals surface area contributed by atoms with Crippen molar-refractivity contribution >= 4 is 46.7 Å². The number of nitrogens with two attached hydrogens (primary N) is 1. The molecule has 2 rings (SSSR count). The number of rotatable bonds is 5. The largest absolute Gasteiger partial charge is 0.451 e. The summed E-state index contributed by atoms with van der Waals surface area (Å²) in [5.41, 5.74) is 5.36. The van der Waals surface area contributed by atoms with Crippen LogP contribution >= 0.6 is 23.2 Å². The number of hydrogen-bond donors (Lipinski definition) is 2. The number of esters is 1. The van der Waals surface area contributed by atoms with Gasteiger partial charge in [0.2, 0.25) is 0 Å². The Labute approximate surface area is 146 Å². The number of benzene rings is 1. The molecule has 0 saturated heterocycles. The summed E-state index contributed by atoms with van der Waals surface area (Å²) >= 11 is 11.5. The van der Waals surface area contributed by atoms with Gasteiger partial charge in [0.25, 0.3) is 11.8 Å². The van der Waals surface area contributed by atoms with E-state index in [2.05, 4.69) is 10.3 Å². The fraction of sp³-hybridized carbons (Fsp3) is 0.0667. The third kappa shape index (κ3) is 4.43. The average Bonchev–Trinajstić information content (AvgIpc) is 2.55. The lowest BCUT2D eigenvalue weighted by Gasteiger charge is -2.09. The van der Waals surface area contributed by atoms with E-state index < -0.39 is 24.4 Å². The van der Waals surface area contributed by atoms with Crippen LogP contribution in [0.5, 0.6) is 0 Å². The number of hydrogen-bond acceptors (Lipinski definition) is 5. The van der Waals surface area contributed by atoms with Gasteiger partial charge in [-0.25, -0.2) is 9.78 Å². The van der Waals surface area contributed by atoms with Crippen LogP contribution in [0.2, 0.25) is 10.2 Å². The number of aromatic nitrogens is 1. The SMILES string of the molecule is NC(=O)c1ccccc1NC(=O)COC(=O)c1nc(Cl)ccc1Cl. The maximum Gasteiger partial charge on any atom is 0.359 e. The number of primary amides is 1. The Hall–Kier alpha value is -2.64. The molecular weight excluding hydrogens is 357 g/mol. The van der Waals surface area contributed by atoms with Gasteiger partial charge in [0, 0.05) is 0 Å². The zero-order valence-corrected chi connectivity index (χ0v) is 13.6. The van der Waals surface area contributed by atoms with Crippen molar-refractivity contribution in [3.63, 3.8) is 0 Å². The highest BCUT2D eigenvalue weighted by molar-refractivity contribution is 6.34. The number of ether oxygens (including phenoxy) is 1. The summed E-state index contributed by atoms with van der Waals surface area (Å²) in [6.45, 7) is -0.601. The van der Waals surface area contributed by atoms with E-state index in [4.69, 9.17) is 33.7 Å². The smallest absolute Gasteiger partial charge is 0.359 e. The van der Waals surface area contributed by atoms with Crippen LogP contribution in [0.4, 0.5) is 5.69 Å². The van der Waals surface area contributed by atoms with E-state index in [0.717, 1.165) is 0 Å². The Morgan fingerprint density at radius 2 is 1.83 bits per heavy atom. The van der Waals surface area contributed by atoms with E-state index in [1.807, 2.05) is 0 Å². The van der Waals surface area contributed by atoms with E-state index in [1.165, 1.54) is 24.3 Å².